The number of amides is 2. The average Bonchev–Trinajstić information content (AvgIpc) is 2.87. The Morgan fingerprint density at radius 2 is 1.91 bits per heavy atom. The third kappa shape index (κ3) is 3.28. The van der Waals surface area contributed by atoms with Gasteiger partial charge in [-0.2, -0.15) is 0 Å². The summed E-state index contributed by atoms with van der Waals surface area (Å²) in [6.45, 7) is 4.35. The van der Waals surface area contributed by atoms with Crippen molar-refractivity contribution < 1.29 is 14.0 Å². The van der Waals surface area contributed by atoms with Crippen LogP contribution in [0.1, 0.15) is 41.1 Å². The Bertz CT molecular complexity index is 731. The SMILES string of the molecule is Cc1cc(C(=O)Nc2ccc(N3CCCCC3=O)cc2)c(C)o1. The number of aryl methyl sites for hydroxylation is 2. The Morgan fingerprint density at radius 1 is 1.17 bits per heavy atom. The number of carbonyl (C=O) groups excluding carboxylic acids is 2. The molecular weight excluding hydrogens is 292 g/mol. The highest BCUT2D eigenvalue weighted by molar-refractivity contribution is 6.05. The normalized spacial score (nSPS) is 14.9. The van der Waals surface area contributed by atoms with Gasteiger partial charge in [0.1, 0.15) is 11.5 Å². The highest BCUT2D eigenvalue weighted by Gasteiger charge is 2.19. The van der Waals surface area contributed by atoms with E-state index in [1.807, 2.05) is 31.2 Å². The predicted molar refractivity (Wildman–Crippen MR) is 88.8 cm³/mol. The number of anilines is 2. The van der Waals surface area contributed by atoms with Gasteiger partial charge in [-0.05, 0) is 57.0 Å². The van der Waals surface area contributed by atoms with Gasteiger partial charge in [0.15, 0.2) is 0 Å². The molecule has 2 aromatic rings. The van der Waals surface area contributed by atoms with Gasteiger partial charge in [0.25, 0.3) is 5.91 Å². The molecule has 5 heteroatoms. The van der Waals surface area contributed by atoms with E-state index < -0.39 is 0 Å². The molecule has 0 radical (unpaired) electrons. The van der Waals surface area contributed by atoms with Crippen molar-refractivity contribution in [3.8, 4) is 0 Å². The van der Waals surface area contributed by atoms with Crippen molar-refractivity contribution in [2.75, 3.05) is 16.8 Å². The summed E-state index contributed by atoms with van der Waals surface area (Å²) in [5.41, 5.74) is 2.11. The lowest BCUT2D eigenvalue weighted by Gasteiger charge is -2.26. The fraction of sp³-hybridized carbons (Fsp3) is 0.333. The summed E-state index contributed by atoms with van der Waals surface area (Å²) in [5, 5.41) is 2.85. The van der Waals surface area contributed by atoms with Crippen molar-refractivity contribution in [1.29, 1.82) is 0 Å². The van der Waals surface area contributed by atoms with E-state index in [9.17, 15) is 9.59 Å². The molecule has 0 bridgehead atoms. The topological polar surface area (TPSA) is 62.6 Å². The van der Waals surface area contributed by atoms with Gasteiger partial charge in [0, 0.05) is 24.3 Å². The molecule has 1 fully saturated rings. The number of nitrogens with one attached hydrogen (secondary N) is 1. The molecule has 0 atom stereocenters. The molecule has 1 saturated heterocycles. The fourth-order valence-corrected chi connectivity index (χ4v) is 2.86. The van der Waals surface area contributed by atoms with Crippen LogP contribution in [0.3, 0.4) is 0 Å². The molecule has 1 aromatic heterocycles. The maximum Gasteiger partial charge on any atom is 0.259 e. The molecule has 0 unspecified atom stereocenters. The molecule has 2 heterocycles. The van der Waals surface area contributed by atoms with Crippen molar-refractivity contribution in [3.05, 3.63) is 47.4 Å². The lowest BCUT2D eigenvalue weighted by atomic mass is 10.1. The lowest BCUT2D eigenvalue weighted by molar-refractivity contribution is -0.119. The van der Waals surface area contributed by atoms with Gasteiger partial charge < -0.3 is 14.6 Å². The van der Waals surface area contributed by atoms with Crippen LogP contribution in [0.2, 0.25) is 0 Å². The molecule has 3 rings (SSSR count). The second-order valence-corrected chi connectivity index (χ2v) is 5.83. The van der Waals surface area contributed by atoms with E-state index in [0.717, 1.165) is 25.1 Å². The third-order valence-electron chi connectivity index (χ3n) is 4.05. The maximum absolute atomic E-state index is 12.3. The average molecular weight is 312 g/mol. The molecule has 1 aromatic carbocycles. The summed E-state index contributed by atoms with van der Waals surface area (Å²) in [6, 6.07) is 9.10. The molecule has 23 heavy (non-hydrogen) atoms. The van der Waals surface area contributed by atoms with E-state index in [1.54, 1.807) is 17.9 Å². The van der Waals surface area contributed by atoms with Gasteiger partial charge in [0.2, 0.25) is 5.91 Å². The largest absolute Gasteiger partial charge is 0.466 e. The van der Waals surface area contributed by atoms with E-state index in [0.29, 0.717) is 29.2 Å². The molecule has 0 spiro atoms. The first-order valence-electron chi connectivity index (χ1n) is 7.83. The third-order valence-corrected chi connectivity index (χ3v) is 4.05. The fourth-order valence-electron chi connectivity index (χ4n) is 2.86. The predicted octanol–water partition coefficient (Wildman–Crippen LogP) is 3.67. The minimum atomic E-state index is -0.193. The molecule has 1 N–H and O–H groups in total. The number of furan rings is 1. The van der Waals surface area contributed by atoms with E-state index >= 15 is 0 Å². The zero-order chi connectivity index (χ0) is 16.4. The van der Waals surface area contributed by atoms with Crippen molar-refractivity contribution in [2.24, 2.45) is 0 Å². The summed E-state index contributed by atoms with van der Waals surface area (Å²) in [7, 11) is 0. The molecule has 0 aliphatic carbocycles. The van der Waals surface area contributed by atoms with Gasteiger partial charge in [-0.1, -0.05) is 0 Å². The van der Waals surface area contributed by atoms with Crippen molar-refractivity contribution in [1.82, 2.24) is 0 Å². The number of benzene rings is 1. The lowest BCUT2D eigenvalue weighted by Crippen LogP contribution is -2.35. The second kappa shape index (κ2) is 6.28. The van der Waals surface area contributed by atoms with Crippen molar-refractivity contribution >= 4 is 23.2 Å². The Kier molecular flexibility index (Phi) is 4.19. The quantitative estimate of drug-likeness (QED) is 0.940. The van der Waals surface area contributed by atoms with E-state index in [-0.39, 0.29) is 11.8 Å². The molecule has 1 aliphatic heterocycles. The summed E-state index contributed by atoms with van der Waals surface area (Å²) >= 11 is 0. The first kappa shape index (κ1) is 15.3. The molecular formula is C18H20N2O3. The molecule has 5 nitrogen and oxygen atoms in total. The van der Waals surface area contributed by atoms with E-state index in [1.165, 1.54) is 0 Å². The van der Waals surface area contributed by atoms with Gasteiger partial charge >= 0.3 is 0 Å². The first-order chi connectivity index (χ1) is 11.0. The number of hydrogen-bond donors (Lipinski definition) is 1. The highest BCUT2D eigenvalue weighted by atomic mass is 16.3. The first-order valence-corrected chi connectivity index (χ1v) is 7.83. The number of rotatable bonds is 3. The molecule has 1 aliphatic rings. The minimum absolute atomic E-state index is 0.164. The smallest absolute Gasteiger partial charge is 0.259 e. The number of piperidine rings is 1. The van der Waals surface area contributed by atoms with Crippen molar-refractivity contribution in [2.45, 2.75) is 33.1 Å². The van der Waals surface area contributed by atoms with Crippen LogP contribution in [0.25, 0.3) is 0 Å². The number of nitrogens with zero attached hydrogens (tertiary/aromatic N) is 1. The molecule has 0 saturated carbocycles. The second-order valence-electron chi connectivity index (χ2n) is 5.83. The van der Waals surface area contributed by atoms with Crippen LogP contribution in [0.5, 0.6) is 0 Å². The summed E-state index contributed by atoms with van der Waals surface area (Å²) in [6.07, 6.45) is 2.61. The van der Waals surface area contributed by atoms with Crippen LogP contribution in [0.15, 0.2) is 34.7 Å². The summed E-state index contributed by atoms with van der Waals surface area (Å²) in [4.78, 5) is 26.0. The summed E-state index contributed by atoms with van der Waals surface area (Å²) in [5.74, 6) is 1.29. The number of carbonyl (C=O) groups is 2. The van der Waals surface area contributed by atoms with Crippen LogP contribution in [0, 0.1) is 13.8 Å². The maximum atomic E-state index is 12.3. The molecule has 120 valence electrons. The van der Waals surface area contributed by atoms with Gasteiger partial charge in [-0.15, -0.1) is 0 Å². The molecule has 2 amide bonds. The van der Waals surface area contributed by atoms with Crippen LogP contribution in [0.4, 0.5) is 11.4 Å². The Hall–Kier alpha value is -2.56. The van der Waals surface area contributed by atoms with E-state index in [2.05, 4.69) is 5.32 Å². The van der Waals surface area contributed by atoms with Crippen LogP contribution in [-0.4, -0.2) is 18.4 Å². The van der Waals surface area contributed by atoms with Crippen LogP contribution in [-0.2, 0) is 4.79 Å². The minimum Gasteiger partial charge on any atom is -0.466 e. The Labute approximate surface area is 135 Å². The van der Waals surface area contributed by atoms with Crippen molar-refractivity contribution in [3.63, 3.8) is 0 Å². The zero-order valence-electron chi connectivity index (χ0n) is 13.4. The van der Waals surface area contributed by atoms with Gasteiger partial charge in [0.05, 0.1) is 5.56 Å². The Morgan fingerprint density at radius 3 is 2.52 bits per heavy atom. The summed E-state index contributed by atoms with van der Waals surface area (Å²) < 4.78 is 5.38. The van der Waals surface area contributed by atoms with Crippen LogP contribution >= 0.6 is 0 Å². The Balaban J connectivity index is 1.71. The zero-order valence-corrected chi connectivity index (χ0v) is 13.4. The van der Waals surface area contributed by atoms with Gasteiger partial charge in [-0.3, -0.25) is 9.59 Å². The monoisotopic (exact) mass is 312 g/mol. The highest BCUT2D eigenvalue weighted by Crippen LogP contribution is 2.23. The van der Waals surface area contributed by atoms with E-state index in [4.69, 9.17) is 4.42 Å². The van der Waals surface area contributed by atoms with Crippen LogP contribution < -0.4 is 10.2 Å². The van der Waals surface area contributed by atoms with Gasteiger partial charge in [-0.25, -0.2) is 0 Å². The standard InChI is InChI=1S/C18H20N2O3/c1-12-11-16(13(2)23-12)18(22)19-14-6-8-15(9-7-14)20-10-4-3-5-17(20)21/h6-9,11H,3-5,10H2,1-2H3,(H,19,22). The number of hydrogen-bond acceptors (Lipinski definition) is 3.